The van der Waals surface area contributed by atoms with Crippen LogP contribution >= 0.6 is 0 Å². The first-order chi connectivity index (χ1) is 10.3. The summed E-state index contributed by atoms with van der Waals surface area (Å²) in [5.74, 6) is -3.66. The van der Waals surface area contributed by atoms with Crippen LogP contribution in [0.1, 0.15) is 11.1 Å². The third-order valence-electron chi connectivity index (χ3n) is 2.75. The predicted molar refractivity (Wildman–Crippen MR) is 75.4 cm³/mol. The van der Waals surface area contributed by atoms with Gasteiger partial charge < -0.3 is 0 Å². The number of sulfonamides is 1. The molecule has 4 nitrogen and oxygen atoms in total. The maximum absolute atomic E-state index is 13.3. The molecule has 2 rings (SSSR count). The molecular weight excluding hydrogens is 317 g/mol. The molecule has 0 aliphatic heterocycles. The van der Waals surface area contributed by atoms with Gasteiger partial charge in [0, 0.05) is 11.6 Å². The van der Waals surface area contributed by atoms with Crippen LogP contribution in [0.25, 0.3) is 0 Å². The van der Waals surface area contributed by atoms with Crippen LogP contribution in [0.3, 0.4) is 0 Å². The summed E-state index contributed by atoms with van der Waals surface area (Å²) in [5, 5.41) is 3.35. The SMILES string of the molecule is Cc1ccc(S(=O)(=O)N/N=C/c2cc(F)c(F)cc2F)cc1. The van der Waals surface area contributed by atoms with Crippen LogP contribution < -0.4 is 4.83 Å². The molecule has 0 aromatic heterocycles. The quantitative estimate of drug-likeness (QED) is 0.533. The van der Waals surface area contributed by atoms with Crippen molar-refractivity contribution in [3.8, 4) is 0 Å². The molecule has 1 N–H and O–H groups in total. The Hall–Kier alpha value is -2.35. The Balaban J connectivity index is 2.18. The zero-order chi connectivity index (χ0) is 16.3. The van der Waals surface area contributed by atoms with E-state index in [-0.39, 0.29) is 10.5 Å². The van der Waals surface area contributed by atoms with E-state index in [0.29, 0.717) is 12.1 Å². The molecule has 22 heavy (non-hydrogen) atoms. The second kappa shape index (κ2) is 6.18. The molecule has 0 bridgehead atoms. The highest BCUT2D eigenvalue weighted by molar-refractivity contribution is 7.89. The second-order valence-electron chi connectivity index (χ2n) is 4.45. The van der Waals surface area contributed by atoms with Gasteiger partial charge in [-0.2, -0.15) is 13.5 Å². The molecular formula is C14H11F3N2O2S. The van der Waals surface area contributed by atoms with E-state index >= 15 is 0 Å². The molecule has 0 radical (unpaired) electrons. The number of nitrogens with zero attached hydrogens (tertiary/aromatic N) is 1. The van der Waals surface area contributed by atoms with Gasteiger partial charge in [0.05, 0.1) is 11.1 Å². The van der Waals surface area contributed by atoms with E-state index in [1.807, 2.05) is 4.83 Å². The first-order valence-corrected chi connectivity index (χ1v) is 7.54. The normalized spacial score (nSPS) is 11.8. The van der Waals surface area contributed by atoms with Gasteiger partial charge in [-0.05, 0) is 25.1 Å². The molecule has 0 atom stereocenters. The number of halogens is 3. The van der Waals surface area contributed by atoms with Crippen molar-refractivity contribution in [1.29, 1.82) is 0 Å². The molecule has 0 saturated heterocycles. The summed E-state index contributed by atoms with van der Waals surface area (Å²) in [7, 11) is -3.92. The lowest BCUT2D eigenvalue weighted by Gasteiger charge is -2.04. The van der Waals surface area contributed by atoms with Gasteiger partial charge in [0.25, 0.3) is 10.0 Å². The molecule has 0 saturated carbocycles. The monoisotopic (exact) mass is 328 g/mol. The molecule has 0 amide bonds. The molecule has 2 aromatic carbocycles. The summed E-state index contributed by atoms with van der Waals surface area (Å²) in [5.41, 5.74) is 0.497. The van der Waals surface area contributed by atoms with E-state index < -0.39 is 27.5 Å². The van der Waals surface area contributed by atoms with Crippen molar-refractivity contribution in [3.63, 3.8) is 0 Å². The Labute approximate surface area is 125 Å². The third kappa shape index (κ3) is 3.64. The lowest BCUT2D eigenvalue weighted by molar-refractivity contribution is 0.494. The highest BCUT2D eigenvalue weighted by atomic mass is 32.2. The molecule has 0 unspecified atom stereocenters. The van der Waals surface area contributed by atoms with Crippen molar-refractivity contribution in [2.45, 2.75) is 11.8 Å². The Bertz CT molecular complexity index is 819. The first-order valence-electron chi connectivity index (χ1n) is 6.06. The van der Waals surface area contributed by atoms with Crippen molar-refractivity contribution in [3.05, 3.63) is 65.0 Å². The minimum atomic E-state index is -3.92. The van der Waals surface area contributed by atoms with Crippen molar-refractivity contribution in [2.24, 2.45) is 5.10 Å². The van der Waals surface area contributed by atoms with Crippen molar-refractivity contribution < 1.29 is 21.6 Å². The van der Waals surface area contributed by atoms with Crippen LogP contribution in [0, 0.1) is 24.4 Å². The zero-order valence-electron chi connectivity index (χ0n) is 11.3. The van der Waals surface area contributed by atoms with Gasteiger partial charge in [-0.25, -0.2) is 18.0 Å². The van der Waals surface area contributed by atoms with Crippen LogP contribution in [-0.4, -0.2) is 14.6 Å². The van der Waals surface area contributed by atoms with E-state index in [1.54, 1.807) is 19.1 Å². The minimum absolute atomic E-state index is 0.0268. The fourth-order valence-electron chi connectivity index (χ4n) is 1.57. The Morgan fingerprint density at radius 2 is 1.59 bits per heavy atom. The highest BCUT2D eigenvalue weighted by Gasteiger charge is 2.12. The van der Waals surface area contributed by atoms with Crippen LogP contribution in [0.2, 0.25) is 0 Å². The van der Waals surface area contributed by atoms with Crippen molar-refractivity contribution >= 4 is 16.2 Å². The summed E-state index contributed by atoms with van der Waals surface area (Å²) in [4.78, 5) is 1.84. The smallest absolute Gasteiger partial charge is 0.206 e. The molecule has 0 heterocycles. The molecule has 0 fully saturated rings. The van der Waals surface area contributed by atoms with Gasteiger partial charge >= 0.3 is 0 Å². The average molecular weight is 328 g/mol. The number of rotatable bonds is 4. The van der Waals surface area contributed by atoms with Crippen LogP contribution in [0.15, 0.2) is 46.4 Å². The van der Waals surface area contributed by atoms with E-state index in [4.69, 9.17) is 0 Å². The van der Waals surface area contributed by atoms with Crippen LogP contribution in [0.4, 0.5) is 13.2 Å². The van der Waals surface area contributed by atoms with Crippen molar-refractivity contribution in [2.75, 3.05) is 0 Å². The first kappa shape index (κ1) is 16.0. The molecule has 8 heteroatoms. The molecule has 0 spiro atoms. The second-order valence-corrected chi connectivity index (χ2v) is 6.11. The maximum atomic E-state index is 13.3. The Morgan fingerprint density at radius 1 is 1.00 bits per heavy atom. The number of aryl methyl sites for hydroxylation is 1. The van der Waals surface area contributed by atoms with Crippen molar-refractivity contribution in [1.82, 2.24) is 4.83 Å². The summed E-state index contributed by atoms with van der Waals surface area (Å²) < 4.78 is 62.9. The molecule has 2 aromatic rings. The number of hydrogen-bond donors (Lipinski definition) is 1. The Kier molecular flexibility index (Phi) is 4.51. The zero-order valence-corrected chi connectivity index (χ0v) is 12.2. The third-order valence-corrected chi connectivity index (χ3v) is 3.99. The summed E-state index contributed by atoms with van der Waals surface area (Å²) in [6, 6.07) is 6.90. The highest BCUT2D eigenvalue weighted by Crippen LogP contribution is 2.12. The lowest BCUT2D eigenvalue weighted by Crippen LogP contribution is -2.18. The van der Waals surface area contributed by atoms with E-state index in [2.05, 4.69) is 5.10 Å². The van der Waals surface area contributed by atoms with Crippen LogP contribution in [0.5, 0.6) is 0 Å². The van der Waals surface area contributed by atoms with Gasteiger partial charge in [0.15, 0.2) is 11.6 Å². The number of nitrogens with one attached hydrogen (secondary N) is 1. The van der Waals surface area contributed by atoms with E-state index in [0.717, 1.165) is 11.8 Å². The molecule has 0 aliphatic rings. The van der Waals surface area contributed by atoms with Gasteiger partial charge in [-0.1, -0.05) is 17.7 Å². The summed E-state index contributed by atoms with van der Waals surface area (Å²) in [6.45, 7) is 1.80. The minimum Gasteiger partial charge on any atom is -0.206 e. The fourth-order valence-corrected chi connectivity index (χ4v) is 2.36. The van der Waals surface area contributed by atoms with Crippen LogP contribution in [-0.2, 0) is 10.0 Å². The molecule has 0 aliphatic carbocycles. The number of benzene rings is 2. The predicted octanol–water partition coefficient (Wildman–Crippen LogP) is 2.72. The fraction of sp³-hybridized carbons (Fsp3) is 0.0714. The van der Waals surface area contributed by atoms with Gasteiger partial charge in [-0.15, -0.1) is 0 Å². The van der Waals surface area contributed by atoms with Gasteiger partial charge in [-0.3, -0.25) is 0 Å². The average Bonchev–Trinajstić information content (AvgIpc) is 2.44. The van der Waals surface area contributed by atoms with E-state index in [9.17, 15) is 21.6 Å². The largest absolute Gasteiger partial charge is 0.276 e. The van der Waals surface area contributed by atoms with Gasteiger partial charge in [0.1, 0.15) is 5.82 Å². The number of hydrogen-bond acceptors (Lipinski definition) is 3. The number of hydrazone groups is 1. The standard InChI is InChI=1S/C14H11F3N2O2S/c1-9-2-4-11(5-3-9)22(20,21)19-18-8-10-6-13(16)14(17)7-12(10)15/h2-8,19H,1H3/b18-8+. The lowest BCUT2D eigenvalue weighted by atomic mass is 10.2. The topological polar surface area (TPSA) is 58.5 Å². The van der Waals surface area contributed by atoms with Gasteiger partial charge in [0.2, 0.25) is 0 Å². The molecule has 116 valence electrons. The summed E-state index contributed by atoms with van der Waals surface area (Å²) in [6.07, 6.45) is 0.754. The summed E-state index contributed by atoms with van der Waals surface area (Å²) >= 11 is 0. The van der Waals surface area contributed by atoms with E-state index in [1.165, 1.54) is 12.1 Å². The Morgan fingerprint density at radius 3 is 2.23 bits per heavy atom. The maximum Gasteiger partial charge on any atom is 0.276 e.